The van der Waals surface area contributed by atoms with Gasteiger partial charge in [-0.15, -0.1) is 0 Å². The summed E-state index contributed by atoms with van der Waals surface area (Å²) in [6, 6.07) is 9.60. The normalized spacial score (nSPS) is 8.85. The summed E-state index contributed by atoms with van der Waals surface area (Å²) in [4.78, 5) is 20.4. The SMILES string of the molecule is [Na+].[Na+].[O-]P([O-])CCc1ccccc1. The molecule has 0 aromatic heterocycles. The molecule has 1 aromatic rings. The van der Waals surface area contributed by atoms with Crippen molar-refractivity contribution in [3.05, 3.63) is 35.9 Å². The van der Waals surface area contributed by atoms with Crippen LogP contribution in [0.25, 0.3) is 0 Å². The van der Waals surface area contributed by atoms with E-state index in [0.717, 1.165) is 5.56 Å². The van der Waals surface area contributed by atoms with Gasteiger partial charge >= 0.3 is 59.1 Å². The summed E-state index contributed by atoms with van der Waals surface area (Å²) >= 11 is 0. The summed E-state index contributed by atoms with van der Waals surface area (Å²) in [6.07, 6.45) is 0.874. The molecule has 0 saturated heterocycles. The second-order valence-electron chi connectivity index (χ2n) is 2.29. The molecule has 1 rings (SSSR count). The Hall–Kier alpha value is 1.57. The van der Waals surface area contributed by atoms with Gasteiger partial charge in [0.1, 0.15) is 0 Å². The first-order valence-corrected chi connectivity index (χ1v) is 4.81. The number of rotatable bonds is 3. The van der Waals surface area contributed by atoms with Crippen molar-refractivity contribution >= 4 is 8.38 Å². The summed E-state index contributed by atoms with van der Waals surface area (Å²) in [7, 11) is -2.22. The average molecular weight is 214 g/mol. The molecular weight excluding hydrogens is 205 g/mol. The molecule has 0 aliphatic rings. The predicted molar refractivity (Wildman–Crippen MR) is 41.9 cm³/mol. The maximum Gasteiger partial charge on any atom is 1.00 e. The molecule has 1 aromatic carbocycles. The fraction of sp³-hybridized carbons (Fsp3) is 0.250. The molecule has 0 N–H and O–H groups in total. The van der Waals surface area contributed by atoms with Crippen LogP contribution in [0.15, 0.2) is 30.3 Å². The van der Waals surface area contributed by atoms with E-state index in [2.05, 4.69) is 0 Å². The molecule has 0 unspecified atom stereocenters. The van der Waals surface area contributed by atoms with E-state index < -0.39 is 8.38 Å². The van der Waals surface area contributed by atoms with Gasteiger partial charge in [-0.2, -0.15) is 0 Å². The first-order chi connectivity index (χ1) is 5.29. The van der Waals surface area contributed by atoms with Gasteiger partial charge in [-0.1, -0.05) is 36.5 Å². The number of benzene rings is 1. The fourth-order valence-electron chi connectivity index (χ4n) is 0.865. The molecular formula is C8H9Na2O2P. The monoisotopic (exact) mass is 214 g/mol. The van der Waals surface area contributed by atoms with Crippen LogP contribution in [0.5, 0.6) is 0 Å². The molecule has 60 valence electrons. The Labute approximate surface area is 124 Å². The van der Waals surface area contributed by atoms with Gasteiger partial charge in [0, 0.05) is 0 Å². The van der Waals surface area contributed by atoms with Gasteiger partial charge in [-0.3, -0.25) is 0 Å². The van der Waals surface area contributed by atoms with Crippen LogP contribution in [0.4, 0.5) is 0 Å². The van der Waals surface area contributed by atoms with Crippen molar-refractivity contribution in [3.8, 4) is 0 Å². The third kappa shape index (κ3) is 8.56. The van der Waals surface area contributed by atoms with E-state index in [1.165, 1.54) is 0 Å². The molecule has 5 heteroatoms. The van der Waals surface area contributed by atoms with E-state index in [4.69, 9.17) is 0 Å². The smallest absolute Gasteiger partial charge is 0.842 e. The Bertz CT molecular complexity index is 207. The molecule has 0 fully saturated rings. The van der Waals surface area contributed by atoms with Crippen LogP contribution in [0.3, 0.4) is 0 Å². The van der Waals surface area contributed by atoms with Gasteiger partial charge in [-0.25, -0.2) is 0 Å². The van der Waals surface area contributed by atoms with Crippen LogP contribution in [0, 0.1) is 0 Å². The van der Waals surface area contributed by atoms with E-state index in [1.54, 1.807) is 0 Å². The van der Waals surface area contributed by atoms with Crippen LogP contribution < -0.4 is 68.9 Å². The molecule has 0 heterocycles. The molecule has 0 atom stereocenters. The van der Waals surface area contributed by atoms with Crippen molar-refractivity contribution in [3.63, 3.8) is 0 Å². The molecule has 0 radical (unpaired) electrons. The predicted octanol–water partition coefficient (Wildman–Crippen LogP) is -5.73. The van der Waals surface area contributed by atoms with E-state index in [0.29, 0.717) is 6.42 Å². The third-order valence-corrected chi connectivity index (χ3v) is 2.01. The van der Waals surface area contributed by atoms with Gasteiger partial charge in [0.2, 0.25) is 0 Å². The van der Waals surface area contributed by atoms with Gasteiger partial charge in [0.05, 0.1) is 0 Å². The molecule has 2 nitrogen and oxygen atoms in total. The minimum atomic E-state index is -2.22. The minimum Gasteiger partial charge on any atom is -0.842 e. The number of aryl methyl sites for hydroxylation is 1. The summed E-state index contributed by atoms with van der Waals surface area (Å²) in [5, 5.41) is 0. The van der Waals surface area contributed by atoms with Crippen molar-refractivity contribution in [2.45, 2.75) is 6.42 Å². The van der Waals surface area contributed by atoms with Crippen LogP contribution in [-0.2, 0) is 6.42 Å². The summed E-state index contributed by atoms with van der Waals surface area (Å²) in [5.74, 6) is 0. The molecule has 13 heavy (non-hydrogen) atoms. The Morgan fingerprint density at radius 3 is 2.00 bits per heavy atom. The van der Waals surface area contributed by atoms with E-state index in [-0.39, 0.29) is 65.3 Å². The molecule has 0 bridgehead atoms. The van der Waals surface area contributed by atoms with Crippen molar-refractivity contribution in [2.24, 2.45) is 0 Å². The number of hydrogen-bond acceptors (Lipinski definition) is 2. The van der Waals surface area contributed by atoms with Gasteiger partial charge in [-0.05, 0) is 12.0 Å². The quantitative estimate of drug-likeness (QED) is 0.372. The minimum absolute atomic E-state index is 0. The fourth-order valence-corrected chi connectivity index (χ4v) is 1.31. The van der Waals surface area contributed by atoms with Crippen molar-refractivity contribution < 1.29 is 68.9 Å². The zero-order chi connectivity index (χ0) is 8.10. The molecule has 0 amide bonds. The maximum absolute atomic E-state index is 10.2. The molecule has 0 aliphatic carbocycles. The topological polar surface area (TPSA) is 46.1 Å². The van der Waals surface area contributed by atoms with Crippen LogP contribution >= 0.6 is 8.38 Å². The van der Waals surface area contributed by atoms with Crippen LogP contribution in [0.1, 0.15) is 5.56 Å². The van der Waals surface area contributed by atoms with Crippen LogP contribution in [0.2, 0.25) is 0 Å². The van der Waals surface area contributed by atoms with E-state index in [9.17, 15) is 9.79 Å². The van der Waals surface area contributed by atoms with Gasteiger partial charge in [0.15, 0.2) is 0 Å². The van der Waals surface area contributed by atoms with Crippen molar-refractivity contribution in [2.75, 3.05) is 6.16 Å². The van der Waals surface area contributed by atoms with Gasteiger partial charge < -0.3 is 18.2 Å². The zero-order valence-corrected chi connectivity index (χ0v) is 13.0. The van der Waals surface area contributed by atoms with E-state index >= 15 is 0 Å². The summed E-state index contributed by atoms with van der Waals surface area (Å²) in [5.41, 5.74) is 1.08. The molecule has 0 spiro atoms. The first kappa shape index (κ1) is 17.0. The van der Waals surface area contributed by atoms with E-state index in [1.807, 2.05) is 30.3 Å². The third-order valence-electron chi connectivity index (χ3n) is 1.43. The van der Waals surface area contributed by atoms with Gasteiger partial charge in [0.25, 0.3) is 0 Å². The molecule has 0 saturated carbocycles. The summed E-state index contributed by atoms with van der Waals surface area (Å²) in [6.45, 7) is 0. The standard InChI is InChI=1S/C8H9O2P.2Na/c9-11(10)7-6-8-4-2-1-3-5-8;;/h1-5H,6-7H2;;/q-2;2*+1. The largest absolute Gasteiger partial charge is 1.00 e. The van der Waals surface area contributed by atoms with Crippen molar-refractivity contribution in [1.29, 1.82) is 0 Å². The Morgan fingerprint density at radius 1 is 1.00 bits per heavy atom. The zero-order valence-electron chi connectivity index (χ0n) is 8.06. The first-order valence-electron chi connectivity index (χ1n) is 3.45. The molecule has 0 aliphatic heterocycles. The number of hydrogen-bond donors (Lipinski definition) is 0. The second-order valence-corrected chi connectivity index (χ2v) is 3.40. The Morgan fingerprint density at radius 2 is 1.54 bits per heavy atom. The average Bonchev–Trinajstić information content (AvgIpc) is 2.03. The second kappa shape index (κ2) is 10.1. The Kier molecular flexibility index (Phi) is 13.2. The maximum atomic E-state index is 10.2. The van der Waals surface area contributed by atoms with Crippen LogP contribution in [-0.4, -0.2) is 6.16 Å². The van der Waals surface area contributed by atoms with Crippen molar-refractivity contribution in [1.82, 2.24) is 0 Å². The summed E-state index contributed by atoms with van der Waals surface area (Å²) < 4.78 is 0. The Balaban J connectivity index is 0.